The number of hydrogen-bond acceptors (Lipinski definition) is 9. The van der Waals surface area contributed by atoms with Gasteiger partial charge in [-0.2, -0.15) is 0 Å². The maximum absolute atomic E-state index is 13.7. The molecule has 1 aromatic carbocycles. The van der Waals surface area contributed by atoms with Gasteiger partial charge in [-0.25, -0.2) is 12.8 Å². The Labute approximate surface area is 114 Å². The smallest absolute Gasteiger partial charge is 0.274 e. The van der Waals surface area contributed by atoms with E-state index in [4.69, 9.17) is 5.73 Å². The Morgan fingerprint density at radius 2 is 2.15 bits per heavy atom. The van der Waals surface area contributed by atoms with Crippen LogP contribution >= 0.6 is 11.5 Å². The van der Waals surface area contributed by atoms with E-state index in [9.17, 15) is 22.9 Å². The lowest BCUT2D eigenvalue weighted by molar-refractivity contribution is -0.385. The number of non-ortho nitro benzene ring substituents is 1. The molecule has 2 rings (SSSR count). The first-order chi connectivity index (χ1) is 9.31. The van der Waals surface area contributed by atoms with E-state index in [0.29, 0.717) is 17.6 Å². The Morgan fingerprint density at radius 1 is 1.45 bits per heavy atom. The second-order valence-corrected chi connectivity index (χ2v) is 5.73. The van der Waals surface area contributed by atoms with Gasteiger partial charge in [0.05, 0.1) is 16.7 Å². The van der Waals surface area contributed by atoms with Crippen molar-refractivity contribution in [1.29, 1.82) is 0 Å². The molecule has 2 aromatic rings. The van der Waals surface area contributed by atoms with Crippen LogP contribution in [-0.2, 0) is 10.0 Å². The van der Waals surface area contributed by atoms with Crippen molar-refractivity contribution in [2.45, 2.75) is 4.90 Å². The number of nitrogen functional groups attached to an aromatic ring is 1. The Bertz CT molecular complexity index is 739. The predicted octanol–water partition coefficient (Wildman–Crippen LogP) is 0.363. The summed E-state index contributed by atoms with van der Waals surface area (Å²) in [5, 5.41) is 16.8. The number of rotatable bonds is 4. The summed E-state index contributed by atoms with van der Waals surface area (Å²) in [5.41, 5.74) is 4.11. The van der Waals surface area contributed by atoms with E-state index >= 15 is 0 Å². The lowest BCUT2D eigenvalue weighted by atomic mass is 10.3. The molecule has 0 amide bonds. The van der Waals surface area contributed by atoms with Gasteiger partial charge in [0.2, 0.25) is 5.13 Å². The maximum atomic E-state index is 13.7. The van der Waals surface area contributed by atoms with Crippen LogP contribution in [0.2, 0.25) is 0 Å². The van der Waals surface area contributed by atoms with Crippen molar-refractivity contribution in [3.05, 3.63) is 28.1 Å². The van der Waals surface area contributed by atoms with Gasteiger partial charge < -0.3 is 5.73 Å². The average Bonchev–Trinajstić information content (AvgIpc) is 2.79. The minimum atomic E-state index is -4.39. The van der Waals surface area contributed by atoms with Crippen LogP contribution < -0.4 is 10.5 Å². The SMILES string of the molecule is Nc1cc([N+](=O)[O-])cc(F)c1S(=O)(=O)Nc1nnns1. The van der Waals surface area contributed by atoms with Crippen LogP contribution in [0.15, 0.2) is 17.0 Å². The lowest BCUT2D eigenvalue weighted by Gasteiger charge is -2.08. The predicted molar refractivity (Wildman–Crippen MR) is 66.0 cm³/mol. The molecular formula is C7H5FN6O4S2. The zero-order valence-corrected chi connectivity index (χ0v) is 11.0. The highest BCUT2D eigenvalue weighted by Crippen LogP contribution is 2.28. The van der Waals surface area contributed by atoms with E-state index in [1.807, 2.05) is 4.72 Å². The number of nitrogens with two attached hydrogens (primary N) is 1. The van der Waals surface area contributed by atoms with Gasteiger partial charge in [-0.1, -0.05) is 9.59 Å². The van der Waals surface area contributed by atoms with Crippen molar-refractivity contribution in [2.24, 2.45) is 0 Å². The fourth-order valence-electron chi connectivity index (χ4n) is 1.33. The van der Waals surface area contributed by atoms with Gasteiger partial charge in [0, 0.05) is 17.6 Å². The Kier molecular flexibility index (Phi) is 3.46. The van der Waals surface area contributed by atoms with Gasteiger partial charge in [0.1, 0.15) is 4.90 Å². The topological polar surface area (TPSA) is 154 Å². The van der Waals surface area contributed by atoms with Crippen LogP contribution in [0, 0.1) is 15.9 Å². The normalized spacial score (nSPS) is 11.2. The van der Waals surface area contributed by atoms with Crippen molar-refractivity contribution in [3.8, 4) is 0 Å². The maximum Gasteiger partial charge on any atom is 0.274 e. The van der Waals surface area contributed by atoms with Gasteiger partial charge in [-0.15, -0.1) is 0 Å². The fraction of sp³-hybridized carbons (Fsp3) is 0. The molecule has 0 saturated carbocycles. The van der Waals surface area contributed by atoms with E-state index < -0.39 is 37.0 Å². The Balaban J connectivity index is 2.49. The monoisotopic (exact) mass is 320 g/mol. The summed E-state index contributed by atoms with van der Waals surface area (Å²) in [6.45, 7) is 0. The van der Waals surface area contributed by atoms with Gasteiger partial charge in [-0.3, -0.25) is 14.8 Å². The van der Waals surface area contributed by atoms with Crippen molar-refractivity contribution in [3.63, 3.8) is 0 Å². The fourth-order valence-corrected chi connectivity index (χ4v) is 3.09. The summed E-state index contributed by atoms with van der Waals surface area (Å²) in [4.78, 5) is 8.72. The Morgan fingerprint density at radius 3 is 2.65 bits per heavy atom. The molecule has 0 atom stereocenters. The van der Waals surface area contributed by atoms with Crippen molar-refractivity contribution < 1.29 is 17.7 Å². The lowest BCUT2D eigenvalue weighted by Crippen LogP contribution is -2.16. The van der Waals surface area contributed by atoms with E-state index in [-0.39, 0.29) is 5.13 Å². The minimum Gasteiger partial charge on any atom is -0.397 e. The summed E-state index contributed by atoms with van der Waals surface area (Å²) in [7, 11) is -4.39. The molecule has 10 nitrogen and oxygen atoms in total. The van der Waals surface area contributed by atoms with Crippen LogP contribution in [0.3, 0.4) is 0 Å². The van der Waals surface area contributed by atoms with Gasteiger partial charge in [0.25, 0.3) is 15.7 Å². The number of halogens is 1. The van der Waals surface area contributed by atoms with Crippen molar-refractivity contribution in [2.75, 3.05) is 10.5 Å². The number of nitrogens with one attached hydrogen (secondary N) is 1. The molecule has 3 N–H and O–H groups in total. The van der Waals surface area contributed by atoms with E-state index in [1.54, 1.807) is 0 Å². The molecule has 106 valence electrons. The molecule has 20 heavy (non-hydrogen) atoms. The third-order valence-electron chi connectivity index (χ3n) is 2.06. The van der Waals surface area contributed by atoms with Crippen LogP contribution in [-0.4, -0.2) is 28.1 Å². The quantitative estimate of drug-likeness (QED) is 0.465. The summed E-state index contributed by atoms with van der Waals surface area (Å²) in [6, 6.07) is 1.21. The molecule has 1 heterocycles. The minimum absolute atomic E-state index is 0.192. The number of anilines is 2. The molecule has 0 aliphatic heterocycles. The molecule has 0 unspecified atom stereocenters. The van der Waals surface area contributed by atoms with Crippen LogP contribution in [0.1, 0.15) is 0 Å². The number of sulfonamides is 1. The number of aromatic nitrogens is 3. The summed E-state index contributed by atoms with van der Waals surface area (Å²) in [6.07, 6.45) is 0. The molecule has 0 bridgehead atoms. The molecule has 0 aliphatic rings. The molecule has 0 aliphatic carbocycles. The number of nitro benzene ring substituents is 1. The van der Waals surface area contributed by atoms with Gasteiger partial charge in [-0.05, 0) is 5.21 Å². The van der Waals surface area contributed by atoms with Gasteiger partial charge in [0.15, 0.2) is 5.82 Å². The molecule has 0 fully saturated rings. The van der Waals surface area contributed by atoms with Crippen LogP contribution in [0.4, 0.5) is 20.9 Å². The first kappa shape index (κ1) is 14.0. The first-order valence-corrected chi connectivity index (χ1v) is 6.98. The molecule has 0 saturated heterocycles. The van der Waals surface area contributed by atoms with Crippen LogP contribution in [0.25, 0.3) is 0 Å². The number of nitrogens with zero attached hydrogens (tertiary/aromatic N) is 4. The van der Waals surface area contributed by atoms with Gasteiger partial charge >= 0.3 is 0 Å². The van der Waals surface area contributed by atoms with E-state index in [1.165, 1.54) is 0 Å². The average molecular weight is 320 g/mol. The van der Waals surface area contributed by atoms with E-state index in [2.05, 4.69) is 14.8 Å². The third-order valence-corrected chi connectivity index (χ3v) is 4.13. The molecular weight excluding hydrogens is 315 g/mol. The molecule has 13 heteroatoms. The molecule has 0 spiro atoms. The molecule has 1 aromatic heterocycles. The summed E-state index contributed by atoms with van der Waals surface area (Å²) >= 11 is 0.630. The number of nitro groups is 1. The third kappa shape index (κ3) is 2.62. The summed E-state index contributed by atoms with van der Waals surface area (Å²) in [5.74, 6) is -1.35. The second kappa shape index (κ2) is 4.93. The largest absolute Gasteiger partial charge is 0.397 e. The zero-order chi connectivity index (χ0) is 14.9. The number of benzene rings is 1. The zero-order valence-electron chi connectivity index (χ0n) is 9.35. The standard InChI is InChI=1S/C7H5FN6O4S2/c8-4-1-3(14(15)16)2-5(9)6(4)20(17,18)11-7-10-12-13-19-7/h1-2H,9H2,(H,10,11,13). The highest BCUT2D eigenvalue weighted by Gasteiger charge is 2.26. The Hall–Kier alpha value is -2.41. The second-order valence-electron chi connectivity index (χ2n) is 3.38. The summed E-state index contributed by atoms with van der Waals surface area (Å²) < 4.78 is 42.8. The first-order valence-electron chi connectivity index (χ1n) is 4.72. The van der Waals surface area contributed by atoms with Crippen molar-refractivity contribution in [1.82, 2.24) is 14.8 Å². The highest BCUT2D eigenvalue weighted by atomic mass is 32.2. The van der Waals surface area contributed by atoms with E-state index in [0.717, 1.165) is 6.07 Å². The number of hydrogen-bond donors (Lipinski definition) is 2. The van der Waals surface area contributed by atoms with Crippen LogP contribution in [0.5, 0.6) is 0 Å². The highest BCUT2D eigenvalue weighted by molar-refractivity contribution is 7.93. The molecule has 0 radical (unpaired) electrons. The van der Waals surface area contributed by atoms with Crippen molar-refractivity contribution >= 4 is 38.1 Å².